The van der Waals surface area contributed by atoms with Crippen molar-refractivity contribution >= 4 is 59.8 Å². The van der Waals surface area contributed by atoms with Gasteiger partial charge >= 0.3 is 0 Å². The maximum atomic E-state index is 5.64. The molecule has 3 aromatic carbocycles. The molecule has 2 aromatic heterocycles. The van der Waals surface area contributed by atoms with Crippen LogP contribution in [-0.4, -0.2) is 28.0 Å². The molecular weight excluding hydrogens is 677 g/mol. The van der Waals surface area contributed by atoms with Crippen LogP contribution in [0.3, 0.4) is 0 Å². The molecule has 264 valence electrons. The third kappa shape index (κ3) is 4.84. The van der Waals surface area contributed by atoms with E-state index in [9.17, 15) is 0 Å². The molecule has 0 saturated carbocycles. The van der Waals surface area contributed by atoms with Crippen LogP contribution >= 0.6 is 11.3 Å². The minimum atomic E-state index is -0.204. The fraction of sp³-hybridized carbons (Fsp3) is 0.204. The van der Waals surface area contributed by atoms with Gasteiger partial charge in [-0.25, -0.2) is 4.99 Å². The third-order valence-electron chi connectivity index (χ3n) is 12.3. The summed E-state index contributed by atoms with van der Waals surface area (Å²) in [5, 5.41) is 7.93. The molecule has 54 heavy (non-hydrogen) atoms. The van der Waals surface area contributed by atoms with E-state index in [0.717, 1.165) is 37.3 Å². The molecule has 1 N–H and O–H groups in total. The molecule has 5 atom stereocenters. The Labute approximate surface area is 320 Å². The highest BCUT2D eigenvalue weighted by Crippen LogP contribution is 2.55. The lowest BCUT2D eigenvalue weighted by Crippen LogP contribution is -2.52. The van der Waals surface area contributed by atoms with E-state index in [1.165, 1.54) is 59.2 Å². The van der Waals surface area contributed by atoms with E-state index in [2.05, 4.69) is 180 Å². The maximum Gasteiger partial charge on any atom is 0.137 e. The molecule has 6 aliphatic rings. The molecule has 2 aliphatic heterocycles. The van der Waals surface area contributed by atoms with E-state index in [-0.39, 0.29) is 23.5 Å². The predicted molar refractivity (Wildman–Crippen MR) is 230 cm³/mol. The summed E-state index contributed by atoms with van der Waals surface area (Å²) in [6, 6.07) is 23.1. The van der Waals surface area contributed by atoms with Crippen LogP contribution in [0.2, 0.25) is 0 Å². The molecule has 0 radical (unpaired) electrons. The van der Waals surface area contributed by atoms with Gasteiger partial charge in [-0.2, -0.15) is 0 Å². The van der Waals surface area contributed by atoms with Crippen molar-refractivity contribution in [1.29, 1.82) is 0 Å². The number of rotatable bonds is 4. The average Bonchev–Trinajstić information content (AvgIpc) is 3.74. The lowest BCUT2D eigenvalue weighted by atomic mass is 9.84. The molecular formula is C49H42N4S. The Balaban J connectivity index is 1.27. The topological polar surface area (TPSA) is 32.6 Å². The molecule has 5 unspecified atom stereocenters. The number of hydrogen-bond acceptors (Lipinski definition) is 4. The quantitative estimate of drug-likeness (QED) is 0.201. The number of anilines is 1. The largest absolute Gasteiger partial charge is 0.363 e. The minimum Gasteiger partial charge on any atom is -0.363 e. The van der Waals surface area contributed by atoms with Crippen LogP contribution < -0.4 is 10.2 Å². The number of aliphatic imine (C=N–C) groups is 1. The molecule has 4 nitrogen and oxygen atoms in total. The molecule has 0 bridgehead atoms. The van der Waals surface area contributed by atoms with Gasteiger partial charge in [-0.05, 0) is 68.5 Å². The van der Waals surface area contributed by atoms with Crippen molar-refractivity contribution in [2.45, 2.75) is 56.1 Å². The summed E-state index contributed by atoms with van der Waals surface area (Å²) in [5.41, 5.74) is 7.51. The first-order valence-electron chi connectivity index (χ1n) is 19.5. The Morgan fingerprint density at radius 3 is 2.56 bits per heavy atom. The summed E-state index contributed by atoms with van der Waals surface area (Å²) in [7, 11) is 0. The van der Waals surface area contributed by atoms with Crippen LogP contribution in [0.25, 0.3) is 48.0 Å². The molecule has 11 rings (SSSR count). The first-order chi connectivity index (χ1) is 26.7. The van der Waals surface area contributed by atoms with Gasteiger partial charge in [0.25, 0.3) is 0 Å². The van der Waals surface area contributed by atoms with Gasteiger partial charge in [-0.15, -0.1) is 11.3 Å². The van der Waals surface area contributed by atoms with Crippen LogP contribution in [0.15, 0.2) is 168 Å². The van der Waals surface area contributed by atoms with Crippen LogP contribution in [0, 0.1) is 5.92 Å². The lowest BCUT2D eigenvalue weighted by Gasteiger charge is -2.47. The number of nitrogens with one attached hydrogen (secondary N) is 1. The minimum absolute atomic E-state index is 0.0723. The Morgan fingerprint density at radius 2 is 1.69 bits per heavy atom. The number of aromatic nitrogens is 1. The van der Waals surface area contributed by atoms with E-state index >= 15 is 0 Å². The SMILES string of the molecule is CC1(N2c3ccccc3-c3c(n(C4=CC(C5C=CC=CC5)NC(C5=CC=CCC5)=N4)c4ccc5sc6ccccc6c5c34)C3C=CC=CC32)C=CC=CC1. The zero-order chi connectivity index (χ0) is 35.8. The van der Waals surface area contributed by atoms with Crippen LogP contribution in [0.4, 0.5) is 5.69 Å². The summed E-state index contributed by atoms with van der Waals surface area (Å²) >= 11 is 1.90. The first kappa shape index (κ1) is 31.8. The molecule has 4 heterocycles. The van der Waals surface area contributed by atoms with Crippen molar-refractivity contribution in [3.8, 4) is 11.1 Å². The fourth-order valence-corrected chi connectivity index (χ4v) is 11.0. The second-order valence-corrected chi connectivity index (χ2v) is 16.7. The zero-order valence-electron chi connectivity index (χ0n) is 30.4. The number of fused-ring (bicyclic) bond motifs is 11. The predicted octanol–water partition coefficient (Wildman–Crippen LogP) is 11.9. The van der Waals surface area contributed by atoms with Crippen LogP contribution in [0.1, 0.15) is 44.2 Å². The highest BCUT2D eigenvalue weighted by Gasteiger charge is 2.44. The number of allylic oxidation sites excluding steroid dienone is 10. The van der Waals surface area contributed by atoms with Gasteiger partial charge in [0.1, 0.15) is 11.7 Å². The monoisotopic (exact) mass is 718 g/mol. The molecule has 0 amide bonds. The highest BCUT2D eigenvalue weighted by molar-refractivity contribution is 7.26. The second-order valence-electron chi connectivity index (χ2n) is 15.6. The van der Waals surface area contributed by atoms with Gasteiger partial charge in [-0.1, -0.05) is 128 Å². The Kier molecular flexibility index (Phi) is 7.35. The number of hydrogen-bond donors (Lipinski definition) is 1. The number of thiophene rings is 1. The van der Waals surface area contributed by atoms with E-state index in [1.54, 1.807) is 0 Å². The zero-order valence-corrected chi connectivity index (χ0v) is 31.2. The molecule has 5 aromatic rings. The average molecular weight is 719 g/mol. The van der Waals surface area contributed by atoms with Crippen molar-refractivity contribution in [3.05, 3.63) is 169 Å². The van der Waals surface area contributed by atoms with E-state index in [1.807, 2.05) is 11.3 Å². The van der Waals surface area contributed by atoms with Crippen molar-refractivity contribution < 1.29 is 0 Å². The summed E-state index contributed by atoms with van der Waals surface area (Å²) in [5.74, 6) is 2.41. The van der Waals surface area contributed by atoms with Crippen molar-refractivity contribution in [2.24, 2.45) is 10.9 Å². The number of nitrogens with zero attached hydrogens (tertiary/aromatic N) is 3. The Morgan fingerprint density at radius 1 is 0.815 bits per heavy atom. The summed E-state index contributed by atoms with van der Waals surface area (Å²) in [4.78, 5) is 8.36. The summed E-state index contributed by atoms with van der Waals surface area (Å²) in [6.07, 6.45) is 40.7. The standard InChI is InChI=1S/C49H42N4S/c1-49(29-15-4-16-30-49)53-38-24-12-9-21-34(38)45-46-40(27-28-42-44(46)36-23-11-14-26-41(36)54-42)52(47(45)35-22-10-13-25-39(35)53)43-31-37(32-17-5-2-6-18-32)50-48(51-43)33-19-7-3-8-20-33/h2-7,9-17,19,21-29,31-32,35,37,39H,8,18,20,30H2,1H3,(H,50,51). The fourth-order valence-electron chi connectivity index (χ4n) is 9.84. The summed E-state index contributed by atoms with van der Waals surface area (Å²) < 4.78 is 5.22. The van der Waals surface area contributed by atoms with Crippen LogP contribution in [0.5, 0.6) is 0 Å². The van der Waals surface area contributed by atoms with Crippen LogP contribution in [-0.2, 0) is 0 Å². The third-order valence-corrected chi connectivity index (χ3v) is 13.5. The normalized spacial score (nSPS) is 26.7. The van der Waals surface area contributed by atoms with Crippen molar-refractivity contribution in [1.82, 2.24) is 9.88 Å². The van der Waals surface area contributed by atoms with Gasteiger partial charge in [-0.3, -0.25) is 4.57 Å². The van der Waals surface area contributed by atoms with Gasteiger partial charge < -0.3 is 10.2 Å². The van der Waals surface area contributed by atoms with Gasteiger partial charge in [0.05, 0.1) is 23.1 Å². The van der Waals surface area contributed by atoms with E-state index < -0.39 is 0 Å². The Bertz CT molecular complexity index is 2700. The maximum absolute atomic E-state index is 5.64. The van der Waals surface area contributed by atoms with Gasteiger partial charge in [0.2, 0.25) is 0 Å². The molecule has 4 aliphatic carbocycles. The molecule has 5 heteroatoms. The van der Waals surface area contributed by atoms with Gasteiger partial charge in [0.15, 0.2) is 0 Å². The summed E-state index contributed by atoms with van der Waals surface area (Å²) in [6.45, 7) is 2.41. The number of benzene rings is 3. The molecule has 0 fully saturated rings. The van der Waals surface area contributed by atoms with Crippen molar-refractivity contribution in [2.75, 3.05) is 4.90 Å². The number of amidine groups is 1. The Hall–Kier alpha value is -5.65. The van der Waals surface area contributed by atoms with Crippen molar-refractivity contribution in [3.63, 3.8) is 0 Å². The van der Waals surface area contributed by atoms with E-state index in [4.69, 9.17) is 4.99 Å². The number of para-hydroxylation sites is 1. The van der Waals surface area contributed by atoms with Gasteiger partial charge in [0, 0.05) is 59.9 Å². The molecule has 0 saturated heterocycles. The lowest BCUT2D eigenvalue weighted by molar-refractivity contribution is 0.460. The highest BCUT2D eigenvalue weighted by atomic mass is 32.1. The van der Waals surface area contributed by atoms with E-state index in [0.29, 0.717) is 5.92 Å². The smallest absolute Gasteiger partial charge is 0.137 e. The first-order valence-corrected chi connectivity index (χ1v) is 20.3. The molecule has 0 spiro atoms. The second kappa shape index (κ2) is 12.5.